The lowest BCUT2D eigenvalue weighted by Crippen LogP contribution is -2.63. The van der Waals surface area contributed by atoms with Crippen LogP contribution in [0.15, 0.2) is 34.9 Å². The molecule has 9 N–H and O–H groups in total. The van der Waals surface area contributed by atoms with Gasteiger partial charge in [-0.1, -0.05) is 219 Å². The van der Waals surface area contributed by atoms with E-state index >= 15 is 0 Å². The highest BCUT2D eigenvalue weighted by atomic mass is 16.5. The Balaban J connectivity index is 0.000000719. The summed E-state index contributed by atoms with van der Waals surface area (Å²) in [5, 5.41) is 89.0. The van der Waals surface area contributed by atoms with Gasteiger partial charge < -0.3 is 47.1 Å². The van der Waals surface area contributed by atoms with E-state index in [1.54, 1.807) is 5.06 Å². The van der Waals surface area contributed by atoms with Gasteiger partial charge in [-0.2, -0.15) is 35.4 Å². The number of amides is 2. The van der Waals surface area contributed by atoms with Gasteiger partial charge in [-0.3, -0.25) is 24.0 Å². The molecule has 4 fully saturated rings. The Morgan fingerprint density at radius 3 is 0.984 bits per heavy atom. The summed E-state index contributed by atoms with van der Waals surface area (Å²) in [5.41, 5.74) is -1.92. The van der Waals surface area contributed by atoms with Gasteiger partial charge in [-0.15, -0.1) is 0 Å². The van der Waals surface area contributed by atoms with Gasteiger partial charge >= 0.3 is 0 Å². The molecule has 2 atom stereocenters. The number of nitrogens with zero attached hydrogens (tertiary/aromatic N) is 7. The Bertz CT molecular complexity index is 3540. The number of carbonyl (C=O) groups excluding carboxylic acids is 5. The molecule has 0 saturated carbocycles. The van der Waals surface area contributed by atoms with E-state index in [1.165, 1.54) is 41.5 Å². The second-order valence-corrected chi connectivity index (χ2v) is 51.6. The topological polar surface area (TPSA) is 274 Å². The van der Waals surface area contributed by atoms with Crippen LogP contribution in [-0.4, -0.2) is 191 Å². The molecule has 7 aliphatic heterocycles. The molecule has 0 radical (unpaired) electrons. The molecule has 7 aliphatic rings. The quantitative estimate of drug-likeness (QED) is 0.0650. The molecule has 0 aromatic heterocycles. The number of carbonyl (C=O) groups is 5. The summed E-state index contributed by atoms with van der Waals surface area (Å²) in [6, 6.07) is 0.0949. The van der Waals surface area contributed by atoms with Crippen LogP contribution in [0.5, 0.6) is 0 Å². The van der Waals surface area contributed by atoms with Gasteiger partial charge in [-0.05, 0) is 269 Å². The van der Waals surface area contributed by atoms with Crippen LogP contribution in [0.2, 0.25) is 0 Å². The van der Waals surface area contributed by atoms with Crippen molar-refractivity contribution in [1.29, 1.82) is 0 Å². The van der Waals surface area contributed by atoms with E-state index in [4.69, 9.17) is 0 Å². The Hall–Kier alpha value is -3.39. The fourth-order valence-corrected chi connectivity index (χ4v) is 20.6. The standard InChI is InChI=1S/C17H31NO2.C17H33NO.2C14H28N2O2.C14H27NO2.C13H25NO2.C13H25NO/c1-8-16(9-2)12-13(14(19)15(5,6)7)17(10-3,11-4)18(16)20;1-8-16(9-2)13-14(12-15(5,6)7)17(10-3,11-4)18(16)19;1-12(2,3)9-11(17)15-10-8-13(4,5)16(18)14(10,6)7;1-12(2,3)11(17)15-10-8-13(4,5)16(18)14(6,7)9-10;1-12(2,3)11(16)10-8-13(4,5)15(17)14(6,7)9-10;1-11(2,3)10(15)9-8-12(4,5)14(16)13(9,6)7;1-11(2,3)8-10-9-12(4,5)14(15)13(10,6)7/h12,20H,8-11H2,1-7H3;13,19H,8-12H2,1-7H3;2*10,18H,8-9H2,1-7H3,(H,15,17);10,17H,8-9H2,1-7H3;9,16H,8H2,1-7H3;9,15H,8H2,1-7H3. The zero-order valence-corrected chi connectivity index (χ0v) is 88.9. The maximum absolute atomic E-state index is 12.9. The van der Waals surface area contributed by atoms with E-state index in [-0.39, 0.29) is 135 Å². The van der Waals surface area contributed by atoms with E-state index < -0.39 is 27.6 Å². The molecule has 722 valence electrons. The first-order valence-corrected chi connectivity index (χ1v) is 47.2. The number of ketones is 3. The highest BCUT2D eigenvalue weighted by Gasteiger charge is 2.59. The Morgan fingerprint density at radius 1 is 0.350 bits per heavy atom. The van der Waals surface area contributed by atoms with Crippen LogP contribution in [-0.2, 0) is 24.0 Å². The normalized spacial score (nSPS) is 25.2. The highest BCUT2D eigenvalue weighted by molar-refractivity contribution is 6.02. The van der Waals surface area contributed by atoms with Crippen LogP contribution < -0.4 is 10.6 Å². The second kappa shape index (κ2) is 40.4. The minimum atomic E-state index is -0.531. The smallest absolute Gasteiger partial charge is 0.225 e. The fraction of sp³-hybridized carbons (Fsp3) is 0.892. The lowest BCUT2D eigenvalue weighted by atomic mass is 9.69. The van der Waals surface area contributed by atoms with Crippen molar-refractivity contribution in [2.75, 3.05) is 0 Å². The van der Waals surface area contributed by atoms with Gasteiger partial charge in [0, 0.05) is 84.8 Å². The van der Waals surface area contributed by atoms with Crippen LogP contribution in [0.4, 0.5) is 0 Å². The van der Waals surface area contributed by atoms with Crippen molar-refractivity contribution >= 4 is 29.2 Å². The fourth-order valence-electron chi connectivity index (χ4n) is 20.6. The molecular weight excluding hydrogens is 1540 g/mol. The molecule has 7 heterocycles. The van der Waals surface area contributed by atoms with Gasteiger partial charge in [0.05, 0.1) is 50.4 Å². The van der Waals surface area contributed by atoms with Gasteiger partial charge in [0.15, 0.2) is 5.78 Å². The third-order valence-electron chi connectivity index (χ3n) is 28.0. The summed E-state index contributed by atoms with van der Waals surface area (Å²) in [5.74, 6) is 0.783. The summed E-state index contributed by atoms with van der Waals surface area (Å²) < 4.78 is 0. The van der Waals surface area contributed by atoms with Gasteiger partial charge in [0.2, 0.25) is 11.8 Å². The summed E-state index contributed by atoms with van der Waals surface area (Å²) in [6.07, 6.45) is 20.7. The molecule has 0 aromatic rings. The number of hydroxylamine groups is 14. The Morgan fingerprint density at radius 2 is 0.691 bits per heavy atom. The van der Waals surface area contributed by atoms with Gasteiger partial charge in [-0.25, -0.2) is 0 Å². The van der Waals surface area contributed by atoms with Crippen LogP contribution >= 0.6 is 0 Å². The van der Waals surface area contributed by atoms with Crippen molar-refractivity contribution in [2.24, 2.45) is 49.7 Å². The summed E-state index contributed by atoms with van der Waals surface area (Å²) in [4.78, 5) is 61.7. The van der Waals surface area contributed by atoms with Crippen LogP contribution in [0.25, 0.3) is 0 Å². The third kappa shape index (κ3) is 28.3. The summed E-state index contributed by atoms with van der Waals surface area (Å²) >= 11 is 0. The molecule has 0 bridgehead atoms. The van der Waals surface area contributed by atoms with Gasteiger partial charge in [0.25, 0.3) is 0 Å². The van der Waals surface area contributed by atoms with E-state index in [2.05, 4.69) is 154 Å². The Kier molecular flexibility index (Phi) is 38.6. The predicted molar refractivity (Wildman–Crippen MR) is 507 cm³/mol. The molecular formula is C102H197N9O12. The highest BCUT2D eigenvalue weighted by Crippen LogP contribution is 2.53. The summed E-state index contributed by atoms with van der Waals surface area (Å²) in [7, 11) is 0. The number of Topliss-reactive ketones (excluding diaryl/α,β-unsaturated/α-hetero) is 3. The van der Waals surface area contributed by atoms with Crippen LogP contribution in [0, 0.1) is 49.7 Å². The number of hydrogen-bond donors (Lipinski definition) is 9. The van der Waals surface area contributed by atoms with Crippen molar-refractivity contribution in [1.82, 2.24) is 46.1 Å². The maximum atomic E-state index is 12.9. The lowest BCUT2D eigenvalue weighted by Gasteiger charge is -2.51. The average molecular weight is 1740 g/mol. The molecule has 4 saturated heterocycles. The number of hydrogen-bond acceptors (Lipinski definition) is 19. The molecule has 21 nitrogen and oxygen atoms in total. The number of piperidine rings is 2. The number of rotatable bonds is 16. The predicted octanol–water partition coefficient (Wildman–Crippen LogP) is 24.4. The monoisotopic (exact) mass is 1740 g/mol. The largest absolute Gasteiger partial charge is 0.353 e. The second-order valence-electron chi connectivity index (χ2n) is 51.6. The van der Waals surface area contributed by atoms with Crippen molar-refractivity contribution in [2.45, 2.75) is 538 Å². The molecule has 21 heteroatoms. The van der Waals surface area contributed by atoms with Crippen molar-refractivity contribution in [3.05, 3.63) is 34.9 Å². The molecule has 123 heavy (non-hydrogen) atoms. The minimum absolute atomic E-state index is 0.0126. The zero-order chi connectivity index (χ0) is 98.0. The number of nitrogens with one attached hydrogen (secondary N) is 2. The summed E-state index contributed by atoms with van der Waals surface area (Å²) in [6.45, 7) is 100. The van der Waals surface area contributed by atoms with E-state index in [9.17, 15) is 60.4 Å². The van der Waals surface area contributed by atoms with E-state index in [0.717, 1.165) is 102 Å². The molecule has 2 unspecified atom stereocenters. The van der Waals surface area contributed by atoms with E-state index in [0.29, 0.717) is 18.6 Å². The van der Waals surface area contributed by atoms with Crippen molar-refractivity contribution in [3.8, 4) is 0 Å². The SMILES string of the molecule is CC(C)(C)C(=O)C1CC(C)(C)N(O)C(C)(C)C1.CC(C)(C)C(=O)C1CC(C)(C)N(O)C1(C)C.CC(C)(C)C(=O)NC1CC(C)(C)N(O)C(C)(C)C1.CC(C)(C)CC(=O)NC1CC(C)(C)N(O)C1(C)C.CC(C)(C)CC1=CC(C)(C)N(O)C1(C)C.CCC1(CC)C=C(C(=O)C(C)(C)C)C(CC)(CC)N1O.CCC1(CC)C=C(CC(C)(C)C)C(CC)(CC)N1O. The third-order valence-corrected chi connectivity index (χ3v) is 28.0. The zero-order valence-electron chi connectivity index (χ0n) is 88.9. The van der Waals surface area contributed by atoms with Crippen LogP contribution in [0.3, 0.4) is 0 Å². The minimum Gasteiger partial charge on any atom is -0.353 e. The molecule has 0 spiro atoms. The van der Waals surface area contributed by atoms with Crippen molar-refractivity contribution in [3.63, 3.8) is 0 Å². The Labute approximate surface area is 754 Å². The maximum Gasteiger partial charge on any atom is 0.225 e. The van der Waals surface area contributed by atoms with Crippen LogP contribution in [0.1, 0.15) is 448 Å². The molecule has 0 aromatic carbocycles. The van der Waals surface area contributed by atoms with Gasteiger partial charge in [0.1, 0.15) is 11.6 Å². The first kappa shape index (κ1) is 118. The first-order valence-electron chi connectivity index (χ1n) is 47.2. The molecule has 2 amide bonds. The van der Waals surface area contributed by atoms with Crippen molar-refractivity contribution < 1.29 is 60.4 Å². The lowest BCUT2D eigenvalue weighted by molar-refractivity contribution is -0.250. The molecule has 0 aliphatic carbocycles. The van der Waals surface area contributed by atoms with E-state index in [1.807, 2.05) is 214 Å². The average Bonchev–Trinajstić information content (AvgIpc) is 1.56. The first-order chi connectivity index (χ1) is 54.3. The molecule has 7 rings (SSSR count).